The Morgan fingerprint density at radius 2 is 1.84 bits per heavy atom. The van der Waals surface area contributed by atoms with Crippen LogP contribution in [0.5, 0.6) is 0 Å². The van der Waals surface area contributed by atoms with Gasteiger partial charge in [0.2, 0.25) is 5.91 Å². The highest BCUT2D eigenvalue weighted by atomic mass is 16.2. The number of amides is 2. The molecule has 1 N–H and O–H groups in total. The summed E-state index contributed by atoms with van der Waals surface area (Å²) in [5, 5.41) is 2.97. The zero-order valence-electron chi connectivity index (χ0n) is 14.2. The Kier molecular flexibility index (Phi) is 5.77. The second kappa shape index (κ2) is 8.42. The van der Waals surface area contributed by atoms with Crippen LogP contribution in [0.25, 0.3) is 0 Å². The van der Waals surface area contributed by atoms with Crippen LogP contribution >= 0.6 is 0 Å². The van der Waals surface area contributed by atoms with Crippen LogP contribution in [0.1, 0.15) is 28.8 Å². The van der Waals surface area contributed by atoms with Gasteiger partial charge >= 0.3 is 0 Å². The molecule has 0 aliphatic carbocycles. The molecule has 25 heavy (non-hydrogen) atoms. The third-order valence-electron chi connectivity index (χ3n) is 4.64. The summed E-state index contributed by atoms with van der Waals surface area (Å²) in [4.78, 5) is 30.3. The molecule has 5 nitrogen and oxygen atoms in total. The largest absolute Gasteiger partial charge is 0.352 e. The lowest BCUT2D eigenvalue weighted by atomic mass is 9.96. The molecule has 0 unspecified atom stereocenters. The molecule has 0 spiro atoms. The number of hydrogen-bond acceptors (Lipinski definition) is 3. The van der Waals surface area contributed by atoms with Gasteiger partial charge in [0.1, 0.15) is 0 Å². The first-order valence-corrected chi connectivity index (χ1v) is 8.72. The molecule has 0 radical (unpaired) electrons. The van der Waals surface area contributed by atoms with Crippen LogP contribution in [0.3, 0.4) is 0 Å². The van der Waals surface area contributed by atoms with Crippen LogP contribution in [-0.2, 0) is 11.2 Å². The second-order valence-electron chi connectivity index (χ2n) is 6.44. The van der Waals surface area contributed by atoms with Crippen molar-refractivity contribution in [3.05, 3.63) is 66.0 Å². The summed E-state index contributed by atoms with van der Waals surface area (Å²) in [7, 11) is 0. The van der Waals surface area contributed by atoms with Crippen LogP contribution in [0.2, 0.25) is 0 Å². The summed E-state index contributed by atoms with van der Waals surface area (Å²) in [6.07, 6.45) is 5.53. The third-order valence-corrected chi connectivity index (χ3v) is 4.64. The van der Waals surface area contributed by atoms with Crippen LogP contribution in [0, 0.1) is 5.92 Å². The van der Waals surface area contributed by atoms with Crippen molar-refractivity contribution in [1.82, 2.24) is 15.2 Å². The van der Waals surface area contributed by atoms with E-state index in [4.69, 9.17) is 0 Å². The maximum absolute atomic E-state index is 12.4. The Hall–Kier alpha value is -2.69. The van der Waals surface area contributed by atoms with Gasteiger partial charge in [-0.1, -0.05) is 30.3 Å². The lowest BCUT2D eigenvalue weighted by Gasteiger charge is -2.32. The number of nitrogens with one attached hydrogen (secondary N) is 1. The third kappa shape index (κ3) is 4.89. The number of nitrogens with zero attached hydrogens (tertiary/aromatic N) is 2. The normalized spacial score (nSPS) is 15.0. The number of pyridine rings is 1. The van der Waals surface area contributed by atoms with E-state index in [1.807, 2.05) is 35.2 Å². The molecule has 1 aromatic heterocycles. The van der Waals surface area contributed by atoms with E-state index >= 15 is 0 Å². The van der Waals surface area contributed by atoms with Crippen molar-refractivity contribution in [3.8, 4) is 0 Å². The van der Waals surface area contributed by atoms with E-state index in [0.29, 0.717) is 24.4 Å². The lowest BCUT2D eigenvalue weighted by Crippen LogP contribution is -2.42. The first-order valence-electron chi connectivity index (χ1n) is 8.72. The number of likely N-dealkylation sites (tertiary alicyclic amines) is 1. The molecule has 0 saturated carbocycles. The minimum atomic E-state index is -0.0873. The molecule has 5 heteroatoms. The molecule has 1 aliphatic heterocycles. The van der Waals surface area contributed by atoms with Gasteiger partial charge < -0.3 is 10.2 Å². The van der Waals surface area contributed by atoms with E-state index < -0.39 is 0 Å². The van der Waals surface area contributed by atoms with E-state index in [-0.39, 0.29) is 11.8 Å². The molecule has 1 fully saturated rings. The van der Waals surface area contributed by atoms with E-state index in [1.54, 1.807) is 24.5 Å². The highest BCUT2D eigenvalue weighted by Crippen LogP contribution is 2.17. The molecule has 1 aliphatic rings. The standard InChI is InChI=1S/C20H23N3O2/c24-19(13-16-5-2-1-3-6-16)23-11-8-17(9-12-23)14-22-20(25)18-7-4-10-21-15-18/h1-7,10,15,17H,8-9,11-14H2,(H,22,25). The molecule has 0 bridgehead atoms. The molecular formula is C20H23N3O2. The summed E-state index contributed by atoms with van der Waals surface area (Å²) in [6, 6.07) is 13.4. The zero-order chi connectivity index (χ0) is 17.5. The SMILES string of the molecule is O=C(NCC1CCN(C(=O)Cc2ccccc2)CC1)c1cccnc1. The van der Waals surface area contributed by atoms with Crippen molar-refractivity contribution in [2.75, 3.05) is 19.6 Å². The van der Waals surface area contributed by atoms with Gasteiger partial charge in [0.05, 0.1) is 12.0 Å². The molecule has 2 heterocycles. The van der Waals surface area contributed by atoms with Crippen molar-refractivity contribution in [3.63, 3.8) is 0 Å². The van der Waals surface area contributed by atoms with Crippen molar-refractivity contribution < 1.29 is 9.59 Å². The Balaban J connectivity index is 1.41. The van der Waals surface area contributed by atoms with Gasteiger partial charge in [0.25, 0.3) is 5.91 Å². The number of carbonyl (C=O) groups excluding carboxylic acids is 2. The van der Waals surface area contributed by atoms with E-state index in [0.717, 1.165) is 31.5 Å². The Morgan fingerprint density at radius 1 is 1.08 bits per heavy atom. The quantitative estimate of drug-likeness (QED) is 0.910. The van der Waals surface area contributed by atoms with E-state index in [2.05, 4.69) is 10.3 Å². The van der Waals surface area contributed by atoms with Crippen molar-refractivity contribution >= 4 is 11.8 Å². The van der Waals surface area contributed by atoms with Gasteiger partial charge in [-0.3, -0.25) is 14.6 Å². The highest BCUT2D eigenvalue weighted by Gasteiger charge is 2.23. The van der Waals surface area contributed by atoms with Crippen LogP contribution in [0.4, 0.5) is 0 Å². The van der Waals surface area contributed by atoms with E-state index in [9.17, 15) is 9.59 Å². The van der Waals surface area contributed by atoms with Crippen LogP contribution < -0.4 is 5.32 Å². The monoisotopic (exact) mass is 337 g/mol. The topological polar surface area (TPSA) is 62.3 Å². The minimum Gasteiger partial charge on any atom is -0.352 e. The summed E-state index contributed by atoms with van der Waals surface area (Å²) >= 11 is 0. The molecule has 2 amide bonds. The molecule has 3 rings (SSSR count). The maximum atomic E-state index is 12.4. The average molecular weight is 337 g/mol. The van der Waals surface area contributed by atoms with Gasteiger partial charge in [-0.15, -0.1) is 0 Å². The number of carbonyl (C=O) groups is 2. The summed E-state index contributed by atoms with van der Waals surface area (Å²) in [6.45, 7) is 2.17. The fourth-order valence-corrected chi connectivity index (χ4v) is 3.10. The smallest absolute Gasteiger partial charge is 0.252 e. The van der Waals surface area contributed by atoms with Gasteiger partial charge in [-0.25, -0.2) is 0 Å². The molecule has 2 aromatic rings. The van der Waals surface area contributed by atoms with Crippen molar-refractivity contribution in [1.29, 1.82) is 0 Å². The molecule has 0 atom stereocenters. The second-order valence-corrected chi connectivity index (χ2v) is 6.44. The molecule has 1 aromatic carbocycles. The Bertz CT molecular complexity index is 695. The predicted molar refractivity (Wildman–Crippen MR) is 96.0 cm³/mol. The Labute approximate surface area is 148 Å². The number of rotatable bonds is 5. The number of hydrogen-bond donors (Lipinski definition) is 1. The average Bonchev–Trinajstić information content (AvgIpc) is 2.68. The van der Waals surface area contributed by atoms with Gasteiger partial charge in [0.15, 0.2) is 0 Å². The van der Waals surface area contributed by atoms with Gasteiger partial charge in [-0.2, -0.15) is 0 Å². The van der Waals surface area contributed by atoms with Crippen LogP contribution in [-0.4, -0.2) is 41.3 Å². The molecule has 1 saturated heterocycles. The first kappa shape index (κ1) is 17.1. The molecule has 130 valence electrons. The number of piperidine rings is 1. The van der Waals surface area contributed by atoms with Crippen molar-refractivity contribution in [2.24, 2.45) is 5.92 Å². The summed E-state index contributed by atoms with van der Waals surface area (Å²) in [5.74, 6) is 0.515. The van der Waals surface area contributed by atoms with Crippen LogP contribution in [0.15, 0.2) is 54.9 Å². The number of aromatic nitrogens is 1. The minimum absolute atomic E-state index is 0.0873. The predicted octanol–water partition coefficient (Wildman–Crippen LogP) is 2.29. The summed E-state index contributed by atoms with van der Waals surface area (Å²) in [5.41, 5.74) is 1.64. The Morgan fingerprint density at radius 3 is 2.52 bits per heavy atom. The highest BCUT2D eigenvalue weighted by molar-refractivity contribution is 5.93. The van der Waals surface area contributed by atoms with Gasteiger partial charge in [0, 0.05) is 32.0 Å². The number of benzene rings is 1. The van der Waals surface area contributed by atoms with Gasteiger partial charge in [-0.05, 0) is 36.5 Å². The van der Waals surface area contributed by atoms with Crippen molar-refractivity contribution in [2.45, 2.75) is 19.3 Å². The maximum Gasteiger partial charge on any atom is 0.252 e. The summed E-state index contributed by atoms with van der Waals surface area (Å²) < 4.78 is 0. The first-order chi connectivity index (χ1) is 12.2. The fourth-order valence-electron chi connectivity index (χ4n) is 3.10. The molecular weight excluding hydrogens is 314 g/mol. The lowest BCUT2D eigenvalue weighted by molar-refractivity contribution is -0.131. The fraction of sp³-hybridized carbons (Fsp3) is 0.350. The zero-order valence-corrected chi connectivity index (χ0v) is 14.2. The van der Waals surface area contributed by atoms with E-state index in [1.165, 1.54) is 0 Å².